The Morgan fingerprint density at radius 3 is 2.39 bits per heavy atom. The monoisotopic (exact) mass is 447 g/mol. The van der Waals surface area contributed by atoms with Gasteiger partial charge >= 0.3 is 12.2 Å². The summed E-state index contributed by atoms with van der Waals surface area (Å²) in [6.45, 7) is 3.18. The van der Waals surface area contributed by atoms with Crippen LogP contribution in [-0.2, 0) is 14.8 Å². The van der Waals surface area contributed by atoms with Crippen LogP contribution < -0.4 is 14.8 Å². The molecule has 0 aliphatic carbocycles. The molecular formula is C17H17N7O6S. The van der Waals surface area contributed by atoms with E-state index in [4.69, 9.17) is 10.5 Å². The van der Waals surface area contributed by atoms with Gasteiger partial charge in [-0.25, -0.2) is 24.5 Å². The van der Waals surface area contributed by atoms with E-state index in [1.807, 2.05) is 0 Å². The second kappa shape index (κ2) is 8.35. The van der Waals surface area contributed by atoms with Crippen molar-refractivity contribution >= 4 is 28.2 Å². The predicted octanol–water partition coefficient (Wildman–Crippen LogP) is 1.09. The van der Waals surface area contributed by atoms with Crippen LogP contribution in [0.1, 0.15) is 11.4 Å². The predicted molar refractivity (Wildman–Crippen MR) is 105 cm³/mol. The second-order valence-electron chi connectivity index (χ2n) is 6.03. The molecule has 3 heterocycles. The van der Waals surface area contributed by atoms with E-state index in [9.17, 15) is 18.0 Å². The molecule has 0 aromatic carbocycles. The van der Waals surface area contributed by atoms with Crippen molar-refractivity contribution in [3.8, 4) is 11.6 Å². The lowest BCUT2D eigenvalue weighted by Crippen LogP contribution is -2.43. The average Bonchev–Trinajstić information content (AvgIpc) is 3.11. The molecule has 31 heavy (non-hydrogen) atoms. The minimum Gasteiger partial charge on any atom is -0.437 e. The summed E-state index contributed by atoms with van der Waals surface area (Å²) in [6, 6.07) is 4.84. The summed E-state index contributed by atoms with van der Waals surface area (Å²) >= 11 is 0. The van der Waals surface area contributed by atoms with Gasteiger partial charge in [0.05, 0.1) is 13.3 Å². The Kier molecular flexibility index (Phi) is 5.83. The number of anilines is 1. The van der Waals surface area contributed by atoms with Crippen LogP contribution in [0, 0.1) is 13.8 Å². The molecule has 3 aromatic heterocycles. The third kappa shape index (κ3) is 4.28. The SMILES string of the molecule is COC(=O)Oc1cnn(-c2ccccn2)c1S(=O)(=O)N(C(N)=O)c1nc(C)cc(C)n1. The van der Waals surface area contributed by atoms with Crippen LogP contribution in [-0.4, -0.2) is 52.4 Å². The van der Waals surface area contributed by atoms with Crippen LogP contribution in [0.5, 0.6) is 5.75 Å². The number of nitrogens with zero attached hydrogens (tertiary/aromatic N) is 6. The van der Waals surface area contributed by atoms with Gasteiger partial charge in [-0.2, -0.15) is 18.2 Å². The van der Waals surface area contributed by atoms with Crippen molar-refractivity contribution in [1.29, 1.82) is 0 Å². The summed E-state index contributed by atoms with van der Waals surface area (Å²) in [5.41, 5.74) is 6.17. The third-order valence-corrected chi connectivity index (χ3v) is 5.44. The van der Waals surface area contributed by atoms with Crippen LogP contribution in [0.4, 0.5) is 15.5 Å². The number of rotatable bonds is 5. The molecule has 13 nitrogen and oxygen atoms in total. The highest BCUT2D eigenvalue weighted by Crippen LogP contribution is 2.31. The molecular weight excluding hydrogens is 430 g/mol. The van der Waals surface area contributed by atoms with Crippen molar-refractivity contribution in [3.05, 3.63) is 48.0 Å². The molecule has 3 aromatic rings. The number of hydrogen-bond donors (Lipinski definition) is 1. The Hall–Kier alpha value is -4.07. The quantitative estimate of drug-likeness (QED) is 0.558. The van der Waals surface area contributed by atoms with Gasteiger partial charge in [-0.3, -0.25) is 0 Å². The molecule has 0 bridgehead atoms. The molecule has 2 amide bonds. The van der Waals surface area contributed by atoms with Crippen molar-refractivity contribution in [1.82, 2.24) is 24.7 Å². The average molecular weight is 447 g/mol. The minimum atomic E-state index is -4.85. The number of ether oxygens (including phenoxy) is 2. The number of amides is 2. The summed E-state index contributed by atoms with van der Waals surface area (Å²) in [7, 11) is -3.80. The van der Waals surface area contributed by atoms with Crippen molar-refractivity contribution in [2.45, 2.75) is 18.9 Å². The van der Waals surface area contributed by atoms with Gasteiger partial charge in [0.2, 0.25) is 11.0 Å². The molecule has 0 spiro atoms. The smallest absolute Gasteiger partial charge is 0.437 e. The molecule has 0 atom stereocenters. The Morgan fingerprint density at radius 1 is 1.16 bits per heavy atom. The summed E-state index contributed by atoms with van der Waals surface area (Å²) in [5, 5.41) is 3.22. The molecule has 0 unspecified atom stereocenters. The fourth-order valence-electron chi connectivity index (χ4n) is 2.61. The maximum Gasteiger partial charge on any atom is 0.513 e. The van der Waals surface area contributed by atoms with E-state index >= 15 is 0 Å². The lowest BCUT2D eigenvalue weighted by molar-refractivity contribution is 0.120. The fourth-order valence-corrected chi connectivity index (χ4v) is 4.03. The first-order valence-electron chi connectivity index (χ1n) is 8.57. The number of methoxy groups -OCH3 is 1. The number of primary amides is 1. The zero-order chi connectivity index (χ0) is 22.8. The van der Waals surface area contributed by atoms with Crippen molar-refractivity contribution in [2.24, 2.45) is 5.73 Å². The molecule has 2 N–H and O–H groups in total. The molecule has 14 heteroatoms. The van der Waals surface area contributed by atoms with E-state index in [0.717, 1.165) is 18.0 Å². The second-order valence-corrected chi connectivity index (χ2v) is 7.73. The van der Waals surface area contributed by atoms with E-state index in [-0.39, 0.29) is 10.1 Å². The van der Waals surface area contributed by atoms with Gasteiger partial charge in [-0.1, -0.05) is 6.07 Å². The lowest BCUT2D eigenvalue weighted by atomic mass is 10.4. The molecule has 3 rings (SSSR count). The molecule has 0 saturated carbocycles. The normalized spacial score (nSPS) is 11.1. The molecule has 0 fully saturated rings. The van der Waals surface area contributed by atoms with Gasteiger partial charge in [0.25, 0.3) is 10.0 Å². The summed E-state index contributed by atoms with van der Waals surface area (Å²) in [6.07, 6.45) is 1.15. The van der Waals surface area contributed by atoms with Crippen LogP contribution in [0.2, 0.25) is 0 Å². The number of carbonyl (C=O) groups is 2. The number of hydrogen-bond acceptors (Lipinski definition) is 10. The Bertz CT molecular complexity index is 1220. The van der Waals surface area contributed by atoms with Gasteiger partial charge in [-0.05, 0) is 32.0 Å². The van der Waals surface area contributed by atoms with E-state index in [0.29, 0.717) is 11.4 Å². The number of carbonyl (C=O) groups excluding carboxylic acids is 2. The first-order valence-corrected chi connectivity index (χ1v) is 10.0. The van der Waals surface area contributed by atoms with E-state index in [1.165, 1.54) is 12.3 Å². The van der Waals surface area contributed by atoms with Crippen molar-refractivity contribution in [3.63, 3.8) is 0 Å². The summed E-state index contributed by atoms with van der Waals surface area (Å²) in [5.74, 6) is -0.942. The van der Waals surface area contributed by atoms with Crippen LogP contribution in [0.15, 0.2) is 41.7 Å². The topological polar surface area (TPSA) is 172 Å². The van der Waals surface area contributed by atoms with Gasteiger partial charge < -0.3 is 15.2 Å². The largest absolute Gasteiger partial charge is 0.513 e. The summed E-state index contributed by atoms with van der Waals surface area (Å²) < 4.78 is 37.5. The van der Waals surface area contributed by atoms with E-state index in [2.05, 4.69) is 24.8 Å². The first kappa shape index (κ1) is 21.6. The van der Waals surface area contributed by atoms with Crippen LogP contribution >= 0.6 is 0 Å². The number of aryl methyl sites for hydroxylation is 2. The van der Waals surface area contributed by atoms with Crippen LogP contribution in [0.3, 0.4) is 0 Å². The molecule has 0 aliphatic heterocycles. The number of pyridine rings is 1. The molecule has 0 saturated heterocycles. The molecule has 162 valence electrons. The Labute approximate surface area is 176 Å². The minimum absolute atomic E-state index is 0.0616. The highest BCUT2D eigenvalue weighted by Gasteiger charge is 2.39. The first-order chi connectivity index (χ1) is 14.6. The standard InChI is InChI=1S/C17H17N7O6S/c1-10-8-11(2)22-16(21-10)24(15(18)25)31(27,28)14-12(30-17(26)29-3)9-20-23(14)13-6-4-5-7-19-13/h4-9H,1-3H3,(H2,18,25). The Morgan fingerprint density at radius 2 is 1.84 bits per heavy atom. The van der Waals surface area contributed by atoms with Crippen LogP contribution in [0.25, 0.3) is 5.82 Å². The summed E-state index contributed by atoms with van der Waals surface area (Å²) in [4.78, 5) is 35.9. The molecule has 0 aliphatic rings. The third-order valence-electron chi connectivity index (χ3n) is 3.76. The number of aromatic nitrogens is 5. The van der Waals surface area contributed by atoms with Crippen molar-refractivity contribution in [2.75, 3.05) is 11.4 Å². The maximum absolute atomic E-state index is 13.6. The van der Waals surface area contributed by atoms with Gasteiger partial charge in [-0.15, -0.1) is 4.31 Å². The fraction of sp³-hybridized carbons (Fsp3) is 0.176. The van der Waals surface area contributed by atoms with E-state index in [1.54, 1.807) is 32.0 Å². The Balaban J connectivity index is 2.27. The van der Waals surface area contributed by atoms with Crippen molar-refractivity contribution < 1.29 is 27.5 Å². The molecule has 0 radical (unpaired) electrons. The van der Waals surface area contributed by atoms with Gasteiger partial charge in [0.15, 0.2) is 11.6 Å². The number of urea groups is 1. The zero-order valence-corrected chi connectivity index (χ0v) is 17.4. The highest BCUT2D eigenvalue weighted by atomic mass is 32.2. The van der Waals surface area contributed by atoms with E-state index < -0.39 is 38.9 Å². The number of sulfonamides is 1. The number of nitrogens with two attached hydrogens (primary N) is 1. The van der Waals surface area contributed by atoms with Gasteiger partial charge in [0, 0.05) is 17.6 Å². The zero-order valence-electron chi connectivity index (χ0n) is 16.6. The maximum atomic E-state index is 13.6. The highest BCUT2D eigenvalue weighted by molar-refractivity contribution is 7.93. The lowest BCUT2D eigenvalue weighted by Gasteiger charge is -2.20. The van der Waals surface area contributed by atoms with Gasteiger partial charge in [0.1, 0.15) is 0 Å².